The molecular weight excluding hydrogens is 360 g/mol. The molecule has 0 unspecified atom stereocenters. The first-order valence-corrected chi connectivity index (χ1v) is 9.19. The second-order valence-corrected chi connectivity index (χ2v) is 6.42. The van der Waals surface area contributed by atoms with E-state index < -0.39 is 0 Å². The number of carbonyl (C=O) groups is 1. The van der Waals surface area contributed by atoms with Gasteiger partial charge in [-0.15, -0.1) is 16.6 Å². The SMILES string of the molecule is C#CCNC(=O)CSc1nnc(-c2ccc(OC)cc2)n1-c1ccccc1. The van der Waals surface area contributed by atoms with Crippen molar-refractivity contribution in [1.29, 1.82) is 0 Å². The molecule has 0 saturated carbocycles. The van der Waals surface area contributed by atoms with E-state index in [9.17, 15) is 4.79 Å². The predicted molar refractivity (Wildman–Crippen MR) is 106 cm³/mol. The van der Waals surface area contributed by atoms with E-state index in [-0.39, 0.29) is 18.2 Å². The van der Waals surface area contributed by atoms with Crippen LogP contribution in [0.25, 0.3) is 17.1 Å². The van der Waals surface area contributed by atoms with Crippen molar-refractivity contribution >= 4 is 17.7 Å². The Labute approximate surface area is 162 Å². The number of ether oxygens (including phenoxy) is 1. The van der Waals surface area contributed by atoms with Crippen LogP contribution in [0.2, 0.25) is 0 Å². The van der Waals surface area contributed by atoms with Crippen molar-refractivity contribution in [3.05, 3.63) is 54.6 Å². The molecule has 27 heavy (non-hydrogen) atoms. The molecule has 0 aliphatic carbocycles. The molecule has 7 heteroatoms. The van der Waals surface area contributed by atoms with Crippen molar-refractivity contribution in [3.63, 3.8) is 0 Å². The normalized spacial score (nSPS) is 10.2. The highest BCUT2D eigenvalue weighted by Crippen LogP contribution is 2.28. The Morgan fingerprint density at radius 2 is 1.93 bits per heavy atom. The second-order valence-electron chi connectivity index (χ2n) is 5.48. The quantitative estimate of drug-likeness (QED) is 0.506. The van der Waals surface area contributed by atoms with Crippen LogP contribution < -0.4 is 10.1 Å². The monoisotopic (exact) mass is 378 g/mol. The van der Waals surface area contributed by atoms with Gasteiger partial charge < -0.3 is 10.1 Å². The first kappa shape index (κ1) is 18.5. The zero-order valence-corrected chi connectivity index (χ0v) is 15.6. The minimum atomic E-state index is -0.147. The van der Waals surface area contributed by atoms with Gasteiger partial charge in [0.15, 0.2) is 11.0 Å². The van der Waals surface area contributed by atoms with E-state index in [1.54, 1.807) is 7.11 Å². The number of amides is 1. The van der Waals surface area contributed by atoms with E-state index in [0.717, 1.165) is 17.0 Å². The van der Waals surface area contributed by atoms with Crippen molar-refractivity contribution in [3.8, 4) is 35.2 Å². The number of terminal acetylenes is 1. The van der Waals surface area contributed by atoms with Gasteiger partial charge in [0.05, 0.1) is 19.4 Å². The predicted octanol–water partition coefficient (Wildman–Crippen LogP) is 2.78. The van der Waals surface area contributed by atoms with Gasteiger partial charge in [-0.05, 0) is 36.4 Å². The molecule has 0 spiro atoms. The molecule has 0 saturated heterocycles. The van der Waals surface area contributed by atoms with Gasteiger partial charge in [-0.2, -0.15) is 0 Å². The number of nitrogens with one attached hydrogen (secondary N) is 1. The van der Waals surface area contributed by atoms with Crippen LogP contribution in [-0.4, -0.2) is 40.1 Å². The van der Waals surface area contributed by atoms with Crippen molar-refractivity contribution in [2.75, 3.05) is 19.4 Å². The summed E-state index contributed by atoms with van der Waals surface area (Å²) in [5.41, 5.74) is 1.82. The molecule has 3 aromatic rings. The fraction of sp³-hybridized carbons (Fsp3) is 0.150. The summed E-state index contributed by atoms with van der Waals surface area (Å²) < 4.78 is 7.15. The summed E-state index contributed by atoms with van der Waals surface area (Å²) in [7, 11) is 1.63. The van der Waals surface area contributed by atoms with Gasteiger partial charge in [-0.1, -0.05) is 35.9 Å². The molecule has 0 bridgehead atoms. The van der Waals surface area contributed by atoms with Crippen molar-refractivity contribution in [2.24, 2.45) is 0 Å². The van der Waals surface area contributed by atoms with E-state index in [0.29, 0.717) is 11.0 Å². The number of para-hydroxylation sites is 1. The van der Waals surface area contributed by atoms with Gasteiger partial charge in [0, 0.05) is 11.3 Å². The maximum absolute atomic E-state index is 11.9. The Balaban J connectivity index is 1.93. The van der Waals surface area contributed by atoms with Crippen LogP contribution in [-0.2, 0) is 4.79 Å². The number of aromatic nitrogens is 3. The molecule has 1 N–H and O–H groups in total. The lowest BCUT2D eigenvalue weighted by Crippen LogP contribution is -2.25. The third kappa shape index (κ3) is 4.49. The van der Waals surface area contributed by atoms with E-state index >= 15 is 0 Å². The van der Waals surface area contributed by atoms with Gasteiger partial charge in [0.1, 0.15) is 5.75 Å². The molecule has 0 radical (unpaired) electrons. The van der Waals surface area contributed by atoms with Crippen molar-refractivity contribution in [2.45, 2.75) is 5.16 Å². The number of thioether (sulfide) groups is 1. The molecule has 0 fully saturated rings. The Bertz CT molecular complexity index is 946. The smallest absolute Gasteiger partial charge is 0.231 e. The van der Waals surface area contributed by atoms with Gasteiger partial charge in [-0.25, -0.2) is 0 Å². The highest BCUT2D eigenvalue weighted by atomic mass is 32.2. The van der Waals surface area contributed by atoms with Gasteiger partial charge >= 0.3 is 0 Å². The molecule has 1 heterocycles. The van der Waals surface area contributed by atoms with E-state index in [1.165, 1.54) is 11.8 Å². The van der Waals surface area contributed by atoms with Crippen LogP contribution in [0, 0.1) is 12.3 Å². The first-order chi connectivity index (χ1) is 13.2. The van der Waals surface area contributed by atoms with Crippen LogP contribution in [0.4, 0.5) is 0 Å². The first-order valence-electron chi connectivity index (χ1n) is 8.21. The third-order valence-electron chi connectivity index (χ3n) is 3.72. The zero-order chi connectivity index (χ0) is 19.1. The molecule has 3 rings (SSSR count). The summed E-state index contributed by atoms with van der Waals surface area (Å²) in [5, 5.41) is 11.9. The fourth-order valence-electron chi connectivity index (χ4n) is 2.43. The summed E-state index contributed by atoms with van der Waals surface area (Å²) in [6, 6.07) is 17.4. The molecular formula is C20H18N4O2S. The average molecular weight is 378 g/mol. The number of carbonyl (C=O) groups excluding carboxylic acids is 1. The summed E-state index contributed by atoms with van der Waals surface area (Å²) in [5.74, 6) is 3.90. The summed E-state index contributed by atoms with van der Waals surface area (Å²) in [6.07, 6.45) is 5.17. The second kappa shape index (κ2) is 8.92. The number of benzene rings is 2. The Morgan fingerprint density at radius 3 is 2.59 bits per heavy atom. The van der Waals surface area contributed by atoms with Crippen LogP contribution in [0.5, 0.6) is 5.75 Å². The standard InChI is InChI=1S/C20H18N4O2S/c1-3-13-21-18(25)14-27-20-23-22-19(15-9-11-17(26-2)12-10-15)24(20)16-7-5-4-6-8-16/h1,4-12H,13-14H2,2H3,(H,21,25). The zero-order valence-electron chi connectivity index (χ0n) is 14.8. The molecule has 6 nitrogen and oxygen atoms in total. The molecule has 0 aliphatic heterocycles. The fourth-order valence-corrected chi connectivity index (χ4v) is 3.21. The van der Waals surface area contributed by atoms with Gasteiger partial charge in [0.25, 0.3) is 0 Å². The molecule has 0 atom stereocenters. The third-order valence-corrected chi connectivity index (χ3v) is 4.64. The summed E-state index contributed by atoms with van der Waals surface area (Å²) in [6.45, 7) is 0.210. The molecule has 136 valence electrons. The highest BCUT2D eigenvalue weighted by Gasteiger charge is 2.17. The van der Waals surface area contributed by atoms with Crippen LogP contribution in [0.3, 0.4) is 0 Å². The van der Waals surface area contributed by atoms with Crippen LogP contribution in [0.15, 0.2) is 59.8 Å². The number of hydrogen-bond donors (Lipinski definition) is 1. The average Bonchev–Trinajstić information content (AvgIpc) is 3.15. The number of nitrogens with zero attached hydrogens (tertiary/aromatic N) is 3. The van der Waals surface area contributed by atoms with Gasteiger partial charge in [-0.3, -0.25) is 9.36 Å². The lowest BCUT2D eigenvalue weighted by atomic mass is 10.2. The molecule has 1 aromatic heterocycles. The lowest BCUT2D eigenvalue weighted by molar-refractivity contribution is -0.118. The topological polar surface area (TPSA) is 69.0 Å². The van der Waals surface area contributed by atoms with E-state index in [1.807, 2.05) is 59.2 Å². The Morgan fingerprint density at radius 1 is 1.19 bits per heavy atom. The molecule has 0 aliphatic rings. The van der Waals surface area contributed by atoms with Crippen LogP contribution >= 0.6 is 11.8 Å². The largest absolute Gasteiger partial charge is 0.497 e. The highest BCUT2D eigenvalue weighted by molar-refractivity contribution is 7.99. The van der Waals surface area contributed by atoms with Gasteiger partial charge in [0.2, 0.25) is 5.91 Å². The Kier molecular flexibility index (Phi) is 6.13. The summed E-state index contributed by atoms with van der Waals surface area (Å²) in [4.78, 5) is 11.9. The molecule has 2 aromatic carbocycles. The number of methoxy groups -OCH3 is 1. The van der Waals surface area contributed by atoms with E-state index in [4.69, 9.17) is 11.2 Å². The lowest BCUT2D eigenvalue weighted by Gasteiger charge is -2.10. The minimum Gasteiger partial charge on any atom is -0.497 e. The maximum atomic E-state index is 11.9. The van der Waals surface area contributed by atoms with Crippen molar-refractivity contribution in [1.82, 2.24) is 20.1 Å². The number of rotatable bonds is 7. The van der Waals surface area contributed by atoms with Crippen molar-refractivity contribution < 1.29 is 9.53 Å². The number of hydrogen-bond acceptors (Lipinski definition) is 5. The summed E-state index contributed by atoms with van der Waals surface area (Å²) >= 11 is 1.31. The molecule has 1 amide bonds. The Hall–Kier alpha value is -3.24. The maximum Gasteiger partial charge on any atom is 0.231 e. The minimum absolute atomic E-state index is 0.147. The van der Waals surface area contributed by atoms with Crippen LogP contribution in [0.1, 0.15) is 0 Å². The van der Waals surface area contributed by atoms with E-state index in [2.05, 4.69) is 21.4 Å².